The van der Waals surface area contributed by atoms with Crippen molar-refractivity contribution in [2.24, 2.45) is 0 Å². The van der Waals surface area contributed by atoms with Crippen LogP contribution < -0.4 is 4.90 Å². The molecule has 4 heterocycles. The SMILES string of the molecule is O=C(c1csc(-c2ccccn2)n1)N1CCN(c2ncccn2)CC1. The number of amides is 1. The van der Waals surface area contributed by atoms with E-state index < -0.39 is 0 Å². The molecule has 1 amide bonds. The highest BCUT2D eigenvalue weighted by Gasteiger charge is 2.25. The van der Waals surface area contributed by atoms with Crippen molar-refractivity contribution in [2.75, 3.05) is 31.1 Å². The summed E-state index contributed by atoms with van der Waals surface area (Å²) in [6, 6.07) is 7.46. The molecule has 4 rings (SSSR count). The van der Waals surface area contributed by atoms with Gasteiger partial charge in [0.05, 0.1) is 5.69 Å². The average molecular weight is 352 g/mol. The molecule has 1 aliphatic heterocycles. The molecule has 0 spiro atoms. The quantitative estimate of drug-likeness (QED) is 0.717. The van der Waals surface area contributed by atoms with Crippen LogP contribution in [0.1, 0.15) is 10.5 Å². The summed E-state index contributed by atoms with van der Waals surface area (Å²) in [7, 11) is 0. The van der Waals surface area contributed by atoms with Crippen LogP contribution in [0.2, 0.25) is 0 Å². The van der Waals surface area contributed by atoms with Gasteiger partial charge in [-0.1, -0.05) is 6.07 Å². The number of piperazine rings is 1. The molecule has 0 radical (unpaired) electrons. The lowest BCUT2D eigenvalue weighted by Gasteiger charge is -2.34. The van der Waals surface area contributed by atoms with Crippen molar-refractivity contribution < 1.29 is 4.79 Å². The fraction of sp³-hybridized carbons (Fsp3) is 0.235. The van der Waals surface area contributed by atoms with Gasteiger partial charge in [-0.05, 0) is 18.2 Å². The van der Waals surface area contributed by atoms with Gasteiger partial charge in [0.2, 0.25) is 5.95 Å². The molecule has 8 heteroatoms. The molecule has 0 aromatic carbocycles. The minimum absolute atomic E-state index is 0.0351. The van der Waals surface area contributed by atoms with Crippen LogP contribution in [0.4, 0.5) is 5.95 Å². The van der Waals surface area contributed by atoms with E-state index in [4.69, 9.17) is 0 Å². The number of rotatable bonds is 3. The summed E-state index contributed by atoms with van der Waals surface area (Å²) < 4.78 is 0. The molecule has 7 nitrogen and oxygen atoms in total. The maximum Gasteiger partial charge on any atom is 0.273 e. The third-order valence-electron chi connectivity index (χ3n) is 4.01. The number of pyridine rings is 1. The van der Waals surface area contributed by atoms with E-state index >= 15 is 0 Å². The molecule has 3 aromatic rings. The molecule has 1 saturated heterocycles. The normalized spacial score (nSPS) is 14.6. The van der Waals surface area contributed by atoms with Crippen LogP contribution in [-0.2, 0) is 0 Å². The Balaban J connectivity index is 1.42. The fourth-order valence-electron chi connectivity index (χ4n) is 2.70. The maximum absolute atomic E-state index is 12.7. The number of hydrogen-bond donors (Lipinski definition) is 0. The lowest BCUT2D eigenvalue weighted by molar-refractivity contribution is 0.0741. The molecule has 0 unspecified atom stereocenters. The summed E-state index contributed by atoms with van der Waals surface area (Å²) in [5.74, 6) is 0.674. The number of aromatic nitrogens is 4. The molecule has 3 aromatic heterocycles. The molecule has 126 valence electrons. The van der Waals surface area contributed by atoms with Gasteiger partial charge in [0, 0.05) is 50.1 Å². The largest absolute Gasteiger partial charge is 0.337 e. The summed E-state index contributed by atoms with van der Waals surface area (Å²) in [5.41, 5.74) is 1.27. The molecule has 1 aliphatic rings. The third kappa shape index (κ3) is 3.34. The van der Waals surface area contributed by atoms with E-state index in [0.29, 0.717) is 37.8 Å². The van der Waals surface area contributed by atoms with Crippen LogP contribution in [0, 0.1) is 0 Å². The first kappa shape index (κ1) is 15.6. The smallest absolute Gasteiger partial charge is 0.273 e. The van der Waals surface area contributed by atoms with E-state index in [0.717, 1.165) is 10.7 Å². The van der Waals surface area contributed by atoms with Gasteiger partial charge >= 0.3 is 0 Å². The van der Waals surface area contributed by atoms with Gasteiger partial charge in [0.15, 0.2) is 0 Å². The number of nitrogens with zero attached hydrogens (tertiary/aromatic N) is 6. The Kier molecular flexibility index (Phi) is 4.34. The number of carbonyl (C=O) groups is 1. The predicted molar refractivity (Wildman–Crippen MR) is 95.5 cm³/mol. The van der Waals surface area contributed by atoms with E-state index in [1.54, 1.807) is 30.0 Å². The molecular weight excluding hydrogens is 336 g/mol. The zero-order valence-corrected chi connectivity index (χ0v) is 14.3. The van der Waals surface area contributed by atoms with Crippen molar-refractivity contribution in [3.8, 4) is 10.7 Å². The Morgan fingerprint density at radius 2 is 1.72 bits per heavy atom. The molecule has 0 saturated carbocycles. The highest BCUT2D eigenvalue weighted by Crippen LogP contribution is 2.22. The van der Waals surface area contributed by atoms with Crippen molar-refractivity contribution in [2.45, 2.75) is 0 Å². The summed E-state index contributed by atoms with van der Waals surface area (Å²) in [5, 5.41) is 2.57. The minimum atomic E-state index is -0.0351. The van der Waals surface area contributed by atoms with Gasteiger partial charge in [-0.3, -0.25) is 9.78 Å². The lowest BCUT2D eigenvalue weighted by atomic mass is 10.3. The standard InChI is InChI=1S/C17H16N6OS/c24-16(14-12-25-15(21-14)13-4-1-2-5-18-13)22-8-10-23(11-9-22)17-19-6-3-7-20-17/h1-7,12H,8-11H2. The van der Waals surface area contributed by atoms with Crippen molar-refractivity contribution in [3.63, 3.8) is 0 Å². The van der Waals surface area contributed by atoms with Gasteiger partial charge in [0.25, 0.3) is 5.91 Å². The van der Waals surface area contributed by atoms with Crippen molar-refractivity contribution >= 4 is 23.2 Å². The van der Waals surface area contributed by atoms with E-state index in [9.17, 15) is 4.79 Å². The second-order valence-corrected chi connectivity index (χ2v) is 6.44. The second-order valence-electron chi connectivity index (χ2n) is 5.58. The third-order valence-corrected chi connectivity index (χ3v) is 4.87. The van der Waals surface area contributed by atoms with Crippen LogP contribution in [0.15, 0.2) is 48.2 Å². The zero-order valence-electron chi connectivity index (χ0n) is 13.4. The molecular formula is C17H16N6OS. The summed E-state index contributed by atoms with van der Waals surface area (Å²) in [6.45, 7) is 2.70. The van der Waals surface area contributed by atoms with Crippen molar-refractivity contribution in [1.29, 1.82) is 0 Å². The Morgan fingerprint density at radius 3 is 2.44 bits per heavy atom. The number of carbonyl (C=O) groups excluding carboxylic acids is 1. The number of anilines is 1. The monoisotopic (exact) mass is 352 g/mol. The Labute approximate surface area is 149 Å². The van der Waals surface area contributed by atoms with E-state index in [2.05, 4.69) is 24.8 Å². The van der Waals surface area contributed by atoms with Crippen molar-refractivity contribution in [3.05, 3.63) is 53.9 Å². The van der Waals surface area contributed by atoms with Gasteiger partial charge in [-0.2, -0.15) is 0 Å². The lowest BCUT2D eigenvalue weighted by Crippen LogP contribution is -2.49. The van der Waals surface area contributed by atoms with Gasteiger partial charge in [0.1, 0.15) is 10.7 Å². The first-order valence-electron chi connectivity index (χ1n) is 7.99. The van der Waals surface area contributed by atoms with E-state index in [1.165, 1.54) is 11.3 Å². The molecule has 0 N–H and O–H groups in total. The first-order valence-corrected chi connectivity index (χ1v) is 8.87. The fourth-order valence-corrected chi connectivity index (χ4v) is 3.47. The Morgan fingerprint density at radius 1 is 0.960 bits per heavy atom. The Bertz CT molecular complexity index is 846. The molecule has 1 fully saturated rings. The van der Waals surface area contributed by atoms with E-state index in [1.807, 2.05) is 23.1 Å². The van der Waals surface area contributed by atoms with Gasteiger partial charge in [-0.15, -0.1) is 11.3 Å². The number of hydrogen-bond acceptors (Lipinski definition) is 7. The summed E-state index contributed by atoms with van der Waals surface area (Å²) in [6.07, 6.45) is 5.19. The van der Waals surface area contributed by atoms with Gasteiger partial charge in [-0.25, -0.2) is 15.0 Å². The molecule has 25 heavy (non-hydrogen) atoms. The summed E-state index contributed by atoms with van der Waals surface area (Å²) in [4.78, 5) is 33.9. The molecule has 0 atom stereocenters. The molecule has 0 aliphatic carbocycles. The van der Waals surface area contributed by atoms with E-state index in [-0.39, 0.29) is 5.91 Å². The average Bonchev–Trinajstić information content (AvgIpc) is 3.19. The number of thiazole rings is 1. The van der Waals surface area contributed by atoms with Crippen LogP contribution in [0.5, 0.6) is 0 Å². The topological polar surface area (TPSA) is 75.1 Å². The minimum Gasteiger partial charge on any atom is -0.337 e. The van der Waals surface area contributed by atoms with Crippen LogP contribution in [0.3, 0.4) is 0 Å². The zero-order chi connectivity index (χ0) is 17.1. The van der Waals surface area contributed by atoms with Crippen LogP contribution in [-0.4, -0.2) is 56.9 Å². The van der Waals surface area contributed by atoms with Crippen LogP contribution >= 0.6 is 11.3 Å². The highest BCUT2D eigenvalue weighted by atomic mass is 32.1. The predicted octanol–water partition coefficient (Wildman–Crippen LogP) is 1.96. The molecule has 0 bridgehead atoms. The highest BCUT2D eigenvalue weighted by molar-refractivity contribution is 7.13. The second kappa shape index (κ2) is 6.94. The Hall–Kier alpha value is -2.87. The summed E-state index contributed by atoms with van der Waals surface area (Å²) >= 11 is 1.44. The maximum atomic E-state index is 12.7. The van der Waals surface area contributed by atoms with Crippen LogP contribution in [0.25, 0.3) is 10.7 Å². The van der Waals surface area contributed by atoms with Crippen molar-refractivity contribution in [1.82, 2.24) is 24.8 Å². The first-order chi connectivity index (χ1) is 12.3. The van der Waals surface area contributed by atoms with Gasteiger partial charge < -0.3 is 9.80 Å².